The van der Waals surface area contributed by atoms with Crippen LogP contribution in [-0.4, -0.2) is 9.97 Å². The molecule has 88 valence electrons. The standard InChI is InChI=1S/C12H12FN3S/c13-11-5-9(7-14)4-10(6-11)8-17-12-15-2-1-3-16-12/h1-6H,7-8,14H2. The monoisotopic (exact) mass is 249 g/mol. The zero-order chi connectivity index (χ0) is 12.1. The Morgan fingerprint density at radius 1 is 1.12 bits per heavy atom. The molecule has 0 radical (unpaired) electrons. The van der Waals surface area contributed by atoms with Gasteiger partial charge in [-0.25, -0.2) is 14.4 Å². The van der Waals surface area contributed by atoms with Gasteiger partial charge in [0.25, 0.3) is 0 Å². The summed E-state index contributed by atoms with van der Waals surface area (Å²) in [6, 6.07) is 6.63. The van der Waals surface area contributed by atoms with Crippen molar-refractivity contribution in [3.8, 4) is 0 Å². The fraction of sp³-hybridized carbons (Fsp3) is 0.167. The third kappa shape index (κ3) is 3.51. The maximum absolute atomic E-state index is 13.2. The van der Waals surface area contributed by atoms with Crippen molar-refractivity contribution in [1.82, 2.24) is 9.97 Å². The van der Waals surface area contributed by atoms with Gasteiger partial charge in [0.1, 0.15) is 5.82 Å². The van der Waals surface area contributed by atoms with Crippen LogP contribution in [0.3, 0.4) is 0 Å². The lowest BCUT2D eigenvalue weighted by Gasteiger charge is -2.04. The molecule has 1 aromatic heterocycles. The van der Waals surface area contributed by atoms with E-state index in [-0.39, 0.29) is 5.82 Å². The SMILES string of the molecule is NCc1cc(F)cc(CSc2ncccn2)c1. The molecule has 0 amide bonds. The van der Waals surface area contributed by atoms with E-state index < -0.39 is 0 Å². The first-order valence-corrected chi connectivity index (χ1v) is 6.15. The summed E-state index contributed by atoms with van der Waals surface area (Å²) < 4.78 is 13.2. The Kier molecular flexibility index (Phi) is 4.06. The maximum atomic E-state index is 13.2. The van der Waals surface area contributed by atoms with E-state index in [1.54, 1.807) is 18.5 Å². The molecule has 0 aliphatic rings. The van der Waals surface area contributed by atoms with Crippen LogP contribution >= 0.6 is 11.8 Å². The van der Waals surface area contributed by atoms with E-state index in [0.717, 1.165) is 11.1 Å². The van der Waals surface area contributed by atoms with Gasteiger partial charge in [-0.1, -0.05) is 17.8 Å². The second-order valence-electron chi connectivity index (χ2n) is 3.49. The average molecular weight is 249 g/mol. The van der Waals surface area contributed by atoms with Crippen LogP contribution in [0.4, 0.5) is 4.39 Å². The highest BCUT2D eigenvalue weighted by Crippen LogP contribution is 2.20. The second kappa shape index (κ2) is 5.75. The highest BCUT2D eigenvalue weighted by molar-refractivity contribution is 7.98. The van der Waals surface area contributed by atoms with Crippen molar-refractivity contribution >= 4 is 11.8 Å². The van der Waals surface area contributed by atoms with Crippen molar-refractivity contribution in [3.63, 3.8) is 0 Å². The van der Waals surface area contributed by atoms with Gasteiger partial charge in [0, 0.05) is 24.7 Å². The zero-order valence-electron chi connectivity index (χ0n) is 9.14. The molecule has 2 aromatic rings. The van der Waals surface area contributed by atoms with Gasteiger partial charge < -0.3 is 5.73 Å². The summed E-state index contributed by atoms with van der Waals surface area (Å²) in [5.74, 6) is 0.381. The average Bonchev–Trinajstić information content (AvgIpc) is 2.37. The lowest BCUT2D eigenvalue weighted by molar-refractivity contribution is 0.624. The Hall–Kier alpha value is -1.46. The summed E-state index contributed by atoms with van der Waals surface area (Å²) in [6.07, 6.45) is 3.37. The van der Waals surface area contributed by atoms with Crippen LogP contribution in [0.25, 0.3) is 0 Å². The first-order chi connectivity index (χ1) is 8.28. The minimum atomic E-state index is -0.252. The molecule has 0 aliphatic carbocycles. The van der Waals surface area contributed by atoms with Crippen molar-refractivity contribution in [2.75, 3.05) is 0 Å². The van der Waals surface area contributed by atoms with Crippen LogP contribution in [0, 0.1) is 5.82 Å². The predicted molar refractivity (Wildman–Crippen MR) is 65.9 cm³/mol. The Labute approximate surface area is 103 Å². The first-order valence-electron chi connectivity index (χ1n) is 5.16. The number of aromatic nitrogens is 2. The highest BCUT2D eigenvalue weighted by atomic mass is 32.2. The minimum absolute atomic E-state index is 0.252. The van der Waals surface area contributed by atoms with Gasteiger partial charge in [-0.15, -0.1) is 0 Å². The molecule has 0 atom stereocenters. The van der Waals surface area contributed by atoms with Crippen LogP contribution in [0.15, 0.2) is 41.8 Å². The van der Waals surface area contributed by atoms with Crippen LogP contribution in [0.2, 0.25) is 0 Å². The molecule has 2 rings (SSSR count). The van der Waals surface area contributed by atoms with Crippen molar-refractivity contribution in [3.05, 3.63) is 53.6 Å². The van der Waals surface area contributed by atoms with Crippen molar-refractivity contribution < 1.29 is 4.39 Å². The molecule has 2 N–H and O–H groups in total. The van der Waals surface area contributed by atoms with Crippen LogP contribution < -0.4 is 5.73 Å². The molecule has 3 nitrogen and oxygen atoms in total. The number of rotatable bonds is 4. The summed E-state index contributed by atoms with van der Waals surface area (Å²) in [5.41, 5.74) is 7.19. The van der Waals surface area contributed by atoms with Crippen LogP contribution in [0.5, 0.6) is 0 Å². The molecular weight excluding hydrogens is 237 g/mol. The Morgan fingerprint density at radius 3 is 2.53 bits per heavy atom. The van der Waals surface area contributed by atoms with Crippen molar-refractivity contribution in [2.24, 2.45) is 5.73 Å². The van der Waals surface area contributed by atoms with Gasteiger partial charge in [-0.2, -0.15) is 0 Å². The summed E-state index contributed by atoms with van der Waals surface area (Å²) in [7, 11) is 0. The molecule has 0 spiro atoms. The lowest BCUT2D eigenvalue weighted by atomic mass is 10.1. The molecule has 0 saturated heterocycles. The molecule has 0 unspecified atom stereocenters. The van der Waals surface area contributed by atoms with Crippen LogP contribution in [0.1, 0.15) is 11.1 Å². The lowest BCUT2D eigenvalue weighted by Crippen LogP contribution is -1.98. The molecule has 0 saturated carbocycles. The van der Waals surface area contributed by atoms with Gasteiger partial charge in [-0.3, -0.25) is 0 Å². The molecule has 0 bridgehead atoms. The largest absolute Gasteiger partial charge is 0.326 e. The number of thioether (sulfide) groups is 1. The van der Waals surface area contributed by atoms with E-state index in [4.69, 9.17) is 5.73 Å². The van der Waals surface area contributed by atoms with Crippen molar-refractivity contribution in [1.29, 1.82) is 0 Å². The molecule has 0 fully saturated rings. The number of nitrogens with zero attached hydrogens (tertiary/aromatic N) is 2. The Bertz CT molecular complexity index is 490. The molecule has 1 heterocycles. The highest BCUT2D eigenvalue weighted by Gasteiger charge is 2.02. The quantitative estimate of drug-likeness (QED) is 0.667. The topological polar surface area (TPSA) is 51.8 Å². The van der Waals surface area contributed by atoms with E-state index in [0.29, 0.717) is 17.5 Å². The number of benzene rings is 1. The summed E-state index contributed by atoms with van der Waals surface area (Å²) in [6.45, 7) is 0.345. The van der Waals surface area contributed by atoms with Gasteiger partial charge in [0.2, 0.25) is 0 Å². The number of halogens is 1. The van der Waals surface area contributed by atoms with Gasteiger partial charge in [0.05, 0.1) is 0 Å². The predicted octanol–water partition coefficient (Wildman–Crippen LogP) is 2.37. The number of hydrogen-bond acceptors (Lipinski definition) is 4. The normalized spacial score (nSPS) is 10.5. The molecular formula is C12H12FN3S. The van der Waals surface area contributed by atoms with E-state index >= 15 is 0 Å². The number of nitrogens with two attached hydrogens (primary N) is 1. The van der Waals surface area contributed by atoms with E-state index in [1.807, 2.05) is 6.07 Å². The second-order valence-corrected chi connectivity index (χ2v) is 4.43. The van der Waals surface area contributed by atoms with Crippen molar-refractivity contribution in [2.45, 2.75) is 17.5 Å². The summed E-state index contributed by atoms with van der Waals surface area (Å²) in [5, 5.41) is 0.686. The molecule has 0 aliphatic heterocycles. The smallest absolute Gasteiger partial charge is 0.187 e. The third-order valence-electron chi connectivity index (χ3n) is 2.16. The Morgan fingerprint density at radius 2 is 1.82 bits per heavy atom. The van der Waals surface area contributed by atoms with E-state index in [2.05, 4.69) is 9.97 Å². The molecule has 5 heteroatoms. The first kappa shape index (κ1) is 12.0. The summed E-state index contributed by atoms with van der Waals surface area (Å²) in [4.78, 5) is 8.18. The van der Waals surface area contributed by atoms with Gasteiger partial charge >= 0.3 is 0 Å². The third-order valence-corrected chi connectivity index (χ3v) is 3.11. The molecule has 17 heavy (non-hydrogen) atoms. The Balaban J connectivity index is 2.06. The minimum Gasteiger partial charge on any atom is -0.326 e. The van der Waals surface area contributed by atoms with E-state index in [1.165, 1.54) is 23.9 Å². The number of hydrogen-bond donors (Lipinski definition) is 1. The maximum Gasteiger partial charge on any atom is 0.187 e. The zero-order valence-corrected chi connectivity index (χ0v) is 9.95. The fourth-order valence-electron chi connectivity index (χ4n) is 1.43. The van der Waals surface area contributed by atoms with Crippen LogP contribution in [-0.2, 0) is 12.3 Å². The van der Waals surface area contributed by atoms with Gasteiger partial charge in [0.15, 0.2) is 5.16 Å². The van der Waals surface area contributed by atoms with E-state index in [9.17, 15) is 4.39 Å². The van der Waals surface area contributed by atoms with Gasteiger partial charge in [-0.05, 0) is 29.3 Å². The molecule has 1 aromatic carbocycles. The summed E-state index contributed by atoms with van der Waals surface area (Å²) >= 11 is 1.47. The fourth-order valence-corrected chi connectivity index (χ4v) is 2.16.